The fraction of sp³-hybridized carbons (Fsp3) is 0.455. The zero-order valence-electron chi connectivity index (χ0n) is 9.43. The first-order valence-corrected chi connectivity index (χ1v) is 5.30. The molecule has 86 valence electrons. The van der Waals surface area contributed by atoms with E-state index in [0.717, 1.165) is 12.0 Å². The largest absolute Gasteiger partial charge is 0.461 e. The summed E-state index contributed by atoms with van der Waals surface area (Å²) in [7, 11) is 0. The summed E-state index contributed by atoms with van der Waals surface area (Å²) in [6.07, 6.45) is 2.45. The lowest BCUT2D eigenvalue weighted by atomic mass is 10.1. The average Bonchev–Trinajstić information content (AvgIpc) is 2.86. The summed E-state index contributed by atoms with van der Waals surface area (Å²) in [5, 5.41) is 3.90. The Morgan fingerprint density at radius 3 is 2.94 bits per heavy atom. The molecule has 0 saturated carbocycles. The van der Waals surface area contributed by atoms with Crippen LogP contribution in [0.3, 0.4) is 0 Å². The zero-order valence-corrected chi connectivity index (χ0v) is 9.43. The minimum absolute atomic E-state index is 0.182. The molecule has 0 radical (unpaired) electrons. The van der Waals surface area contributed by atoms with Crippen LogP contribution in [-0.2, 0) is 0 Å². The molecule has 2 N–H and O–H groups in total. The molecule has 0 fully saturated rings. The monoisotopic (exact) mass is 221 g/mol. The molecule has 5 heteroatoms. The Labute approximate surface area is 93.6 Å². The molecule has 0 amide bonds. The quantitative estimate of drug-likeness (QED) is 0.855. The highest BCUT2D eigenvalue weighted by Gasteiger charge is 2.17. The highest BCUT2D eigenvalue weighted by Crippen LogP contribution is 2.24. The van der Waals surface area contributed by atoms with Gasteiger partial charge in [0.15, 0.2) is 5.76 Å². The molecule has 2 aromatic heterocycles. The van der Waals surface area contributed by atoms with Crippen LogP contribution < -0.4 is 5.73 Å². The second-order valence-electron chi connectivity index (χ2n) is 3.87. The summed E-state index contributed by atoms with van der Waals surface area (Å²) in [6, 6.07) is 1.87. The first-order valence-electron chi connectivity index (χ1n) is 5.30. The summed E-state index contributed by atoms with van der Waals surface area (Å²) in [5.41, 5.74) is 6.48. The summed E-state index contributed by atoms with van der Waals surface area (Å²) in [6.45, 7) is 4.57. The van der Waals surface area contributed by atoms with Gasteiger partial charge < -0.3 is 14.7 Å². The zero-order chi connectivity index (χ0) is 11.5. The fourth-order valence-electron chi connectivity index (χ4n) is 1.50. The highest BCUT2D eigenvalue weighted by molar-refractivity contribution is 5.51. The van der Waals surface area contributed by atoms with Crippen molar-refractivity contribution >= 4 is 0 Å². The van der Waals surface area contributed by atoms with E-state index in [-0.39, 0.29) is 5.92 Å². The van der Waals surface area contributed by atoms with Gasteiger partial charge in [0, 0.05) is 5.92 Å². The lowest BCUT2D eigenvalue weighted by Crippen LogP contribution is -2.04. The molecule has 0 aliphatic rings. The Morgan fingerprint density at radius 2 is 2.31 bits per heavy atom. The maximum atomic E-state index is 5.48. The predicted octanol–water partition coefficient (Wildman–Crippen LogP) is 2.09. The van der Waals surface area contributed by atoms with Crippen LogP contribution in [0.2, 0.25) is 0 Å². The minimum Gasteiger partial charge on any atom is -0.461 e. The Bertz CT molecular complexity index is 461. The molecule has 0 aromatic carbocycles. The predicted molar refractivity (Wildman–Crippen MR) is 58.8 cm³/mol. The molecule has 2 rings (SSSR count). The van der Waals surface area contributed by atoms with Crippen molar-refractivity contribution in [2.45, 2.75) is 26.2 Å². The van der Waals surface area contributed by atoms with Crippen LogP contribution >= 0.6 is 0 Å². The first-order chi connectivity index (χ1) is 7.72. The number of aryl methyl sites for hydroxylation is 1. The maximum Gasteiger partial charge on any atom is 0.238 e. The molecule has 5 nitrogen and oxygen atoms in total. The smallest absolute Gasteiger partial charge is 0.238 e. The number of hydrogen-bond acceptors (Lipinski definition) is 5. The van der Waals surface area contributed by atoms with Crippen LogP contribution in [0.5, 0.6) is 0 Å². The summed E-state index contributed by atoms with van der Waals surface area (Å²) >= 11 is 0. The Balaban J connectivity index is 2.23. The number of aromatic nitrogens is 2. The Hall–Kier alpha value is -1.62. The van der Waals surface area contributed by atoms with Gasteiger partial charge in [0.05, 0.1) is 6.26 Å². The maximum absolute atomic E-state index is 5.48. The number of rotatable bonds is 4. The highest BCUT2D eigenvalue weighted by atomic mass is 16.5. The van der Waals surface area contributed by atoms with Crippen LogP contribution in [0, 0.1) is 6.92 Å². The average molecular weight is 221 g/mol. The third-order valence-electron chi connectivity index (χ3n) is 2.53. The molecule has 0 saturated heterocycles. The normalized spacial score (nSPS) is 12.9. The van der Waals surface area contributed by atoms with E-state index in [1.165, 1.54) is 0 Å². The third-order valence-corrected chi connectivity index (χ3v) is 2.53. The lowest BCUT2D eigenvalue weighted by molar-refractivity contribution is 0.354. The van der Waals surface area contributed by atoms with Crippen LogP contribution in [0.4, 0.5) is 0 Å². The van der Waals surface area contributed by atoms with Gasteiger partial charge in [-0.15, -0.1) is 0 Å². The number of nitrogens with zero attached hydrogens (tertiary/aromatic N) is 2. The van der Waals surface area contributed by atoms with E-state index in [2.05, 4.69) is 10.1 Å². The van der Waals surface area contributed by atoms with Gasteiger partial charge in [-0.1, -0.05) is 12.1 Å². The van der Waals surface area contributed by atoms with Gasteiger partial charge in [-0.2, -0.15) is 4.98 Å². The van der Waals surface area contributed by atoms with Gasteiger partial charge in [0.2, 0.25) is 11.7 Å². The second kappa shape index (κ2) is 4.49. The molecule has 2 heterocycles. The van der Waals surface area contributed by atoms with Crippen LogP contribution in [0.25, 0.3) is 11.6 Å². The van der Waals surface area contributed by atoms with Crippen molar-refractivity contribution in [3.63, 3.8) is 0 Å². The molecular weight excluding hydrogens is 206 g/mol. The van der Waals surface area contributed by atoms with E-state index >= 15 is 0 Å². The van der Waals surface area contributed by atoms with Crippen molar-refractivity contribution in [2.75, 3.05) is 6.54 Å². The molecule has 16 heavy (non-hydrogen) atoms. The molecule has 0 aliphatic carbocycles. The minimum atomic E-state index is 0.182. The van der Waals surface area contributed by atoms with E-state index < -0.39 is 0 Å². The van der Waals surface area contributed by atoms with Crippen molar-refractivity contribution in [3.8, 4) is 11.6 Å². The molecule has 1 atom stereocenters. The van der Waals surface area contributed by atoms with Crippen molar-refractivity contribution in [1.29, 1.82) is 0 Å². The lowest BCUT2D eigenvalue weighted by Gasteiger charge is -2.01. The van der Waals surface area contributed by atoms with E-state index in [9.17, 15) is 0 Å². The van der Waals surface area contributed by atoms with Crippen molar-refractivity contribution in [2.24, 2.45) is 5.73 Å². The van der Waals surface area contributed by atoms with Gasteiger partial charge >= 0.3 is 0 Å². The first kappa shape index (κ1) is 10.9. The van der Waals surface area contributed by atoms with E-state index in [0.29, 0.717) is 24.0 Å². The molecule has 0 aliphatic heterocycles. The van der Waals surface area contributed by atoms with Gasteiger partial charge in [-0.05, 0) is 31.5 Å². The molecular formula is C11H15N3O2. The van der Waals surface area contributed by atoms with E-state index in [4.69, 9.17) is 14.7 Å². The summed E-state index contributed by atoms with van der Waals surface area (Å²) in [4.78, 5) is 4.30. The van der Waals surface area contributed by atoms with Crippen molar-refractivity contribution in [1.82, 2.24) is 10.1 Å². The molecule has 0 bridgehead atoms. The van der Waals surface area contributed by atoms with E-state index in [1.54, 1.807) is 6.26 Å². The topological polar surface area (TPSA) is 78.1 Å². The van der Waals surface area contributed by atoms with Gasteiger partial charge in [-0.3, -0.25) is 0 Å². The second-order valence-corrected chi connectivity index (χ2v) is 3.87. The number of nitrogens with two attached hydrogens (primary N) is 1. The summed E-state index contributed by atoms with van der Waals surface area (Å²) < 4.78 is 10.5. The van der Waals surface area contributed by atoms with Crippen LogP contribution in [0.15, 0.2) is 21.3 Å². The Morgan fingerprint density at radius 1 is 1.50 bits per heavy atom. The standard InChI is InChI=1S/C11H15N3O2/c1-7-4-6-15-9(7)10-13-11(16-14-10)8(2)3-5-12/h4,6,8H,3,5,12H2,1-2H3. The third kappa shape index (κ3) is 1.99. The van der Waals surface area contributed by atoms with E-state index in [1.807, 2.05) is 19.9 Å². The fourth-order valence-corrected chi connectivity index (χ4v) is 1.50. The molecule has 1 unspecified atom stereocenters. The van der Waals surface area contributed by atoms with Crippen molar-refractivity contribution < 1.29 is 8.94 Å². The van der Waals surface area contributed by atoms with Crippen molar-refractivity contribution in [3.05, 3.63) is 23.8 Å². The van der Waals surface area contributed by atoms with Crippen LogP contribution in [-0.4, -0.2) is 16.7 Å². The number of furan rings is 1. The van der Waals surface area contributed by atoms with Gasteiger partial charge in [0.25, 0.3) is 0 Å². The molecule has 0 spiro atoms. The SMILES string of the molecule is Cc1ccoc1-c1noc(C(C)CCN)n1. The van der Waals surface area contributed by atoms with Gasteiger partial charge in [-0.25, -0.2) is 0 Å². The molecule has 2 aromatic rings. The summed E-state index contributed by atoms with van der Waals surface area (Å²) in [5.74, 6) is 1.95. The number of hydrogen-bond donors (Lipinski definition) is 1. The van der Waals surface area contributed by atoms with Gasteiger partial charge in [0.1, 0.15) is 0 Å². The van der Waals surface area contributed by atoms with Crippen LogP contribution in [0.1, 0.15) is 30.7 Å². The Kier molecular flexibility index (Phi) is 3.05.